The molecule has 1 unspecified atom stereocenters. The van der Waals surface area contributed by atoms with Gasteiger partial charge in [-0.1, -0.05) is 23.2 Å². The molecule has 0 saturated carbocycles. The first-order chi connectivity index (χ1) is 9.72. The topological polar surface area (TPSA) is 67.2 Å². The number of aromatic nitrogens is 4. The number of nitrogens with zero attached hydrogens (tertiary/aromatic N) is 6. The van der Waals surface area contributed by atoms with E-state index in [1.165, 1.54) is 12.4 Å². The fourth-order valence-corrected chi connectivity index (χ4v) is 2.46. The number of hydrogen-bond acceptors (Lipinski definition) is 6. The van der Waals surface area contributed by atoms with Crippen LogP contribution in [-0.4, -0.2) is 26.2 Å². The fraction of sp³-hybridized carbons (Fsp3) is 0.0833. The van der Waals surface area contributed by atoms with Gasteiger partial charge in [0.05, 0.1) is 24.8 Å². The minimum Gasteiger partial charge on any atom is -0.284 e. The molecule has 6 nitrogen and oxygen atoms in total. The van der Waals surface area contributed by atoms with Gasteiger partial charge < -0.3 is 0 Å². The van der Waals surface area contributed by atoms with E-state index in [0.29, 0.717) is 16.7 Å². The van der Waals surface area contributed by atoms with Gasteiger partial charge in [-0.3, -0.25) is 24.8 Å². The van der Waals surface area contributed by atoms with Gasteiger partial charge in [0.15, 0.2) is 5.82 Å². The predicted molar refractivity (Wildman–Crippen MR) is 76.5 cm³/mol. The molecular formula is C12H8Cl2N6. The molecule has 0 amide bonds. The average molecular weight is 307 g/mol. The summed E-state index contributed by atoms with van der Waals surface area (Å²) in [4.78, 5) is 20.9. The summed E-state index contributed by atoms with van der Waals surface area (Å²) in [6.07, 6.45) is 12.4. The smallest absolute Gasteiger partial charge is 0.201 e. The molecule has 0 aliphatic carbocycles. The summed E-state index contributed by atoms with van der Waals surface area (Å²) in [5, 5.41) is 0.314. The summed E-state index contributed by atoms with van der Waals surface area (Å²) in [6, 6.07) is 0. The Balaban J connectivity index is 2.14. The molecule has 3 rings (SSSR count). The van der Waals surface area contributed by atoms with Crippen LogP contribution in [-0.2, 0) is 5.00 Å². The lowest BCUT2D eigenvalue weighted by atomic mass is 10.1. The normalized spacial score (nSPS) is 21.7. The summed E-state index contributed by atoms with van der Waals surface area (Å²) < 4.78 is 0. The Morgan fingerprint density at radius 3 is 2.40 bits per heavy atom. The van der Waals surface area contributed by atoms with Crippen molar-refractivity contribution in [2.45, 2.75) is 5.00 Å². The van der Waals surface area contributed by atoms with Crippen LogP contribution in [0.25, 0.3) is 0 Å². The fourth-order valence-electron chi connectivity index (χ4n) is 1.81. The van der Waals surface area contributed by atoms with Gasteiger partial charge in [0, 0.05) is 24.8 Å². The van der Waals surface area contributed by atoms with Crippen LogP contribution >= 0.6 is 23.2 Å². The van der Waals surface area contributed by atoms with Crippen molar-refractivity contribution in [3.63, 3.8) is 0 Å². The van der Waals surface area contributed by atoms with E-state index < -0.39 is 5.00 Å². The SMILES string of the molecule is ClC1=CN=CC(Cl)(c2cnccn2)N1c1cnccn1. The van der Waals surface area contributed by atoms with E-state index in [9.17, 15) is 0 Å². The van der Waals surface area contributed by atoms with Crippen molar-refractivity contribution in [2.24, 2.45) is 4.99 Å². The Hall–Kier alpha value is -2.05. The highest BCUT2D eigenvalue weighted by molar-refractivity contribution is 6.38. The van der Waals surface area contributed by atoms with Crippen molar-refractivity contribution in [2.75, 3.05) is 4.90 Å². The van der Waals surface area contributed by atoms with Crippen molar-refractivity contribution in [3.8, 4) is 0 Å². The molecule has 0 fully saturated rings. The third kappa shape index (κ3) is 2.13. The second-order valence-corrected chi connectivity index (χ2v) is 4.86. The van der Waals surface area contributed by atoms with Crippen molar-refractivity contribution in [1.29, 1.82) is 0 Å². The number of hydrogen-bond donors (Lipinski definition) is 0. The van der Waals surface area contributed by atoms with E-state index in [0.717, 1.165) is 0 Å². The van der Waals surface area contributed by atoms with Crippen LogP contribution in [0.4, 0.5) is 5.82 Å². The molecule has 2 aromatic rings. The number of anilines is 1. The minimum atomic E-state index is -1.20. The number of rotatable bonds is 2. The molecule has 100 valence electrons. The van der Waals surface area contributed by atoms with E-state index in [4.69, 9.17) is 23.2 Å². The van der Waals surface area contributed by atoms with Crippen LogP contribution in [0.1, 0.15) is 5.69 Å². The van der Waals surface area contributed by atoms with E-state index >= 15 is 0 Å². The second-order valence-electron chi connectivity index (χ2n) is 3.89. The first-order valence-electron chi connectivity index (χ1n) is 5.63. The van der Waals surface area contributed by atoms with Crippen LogP contribution in [0.15, 0.2) is 53.5 Å². The van der Waals surface area contributed by atoms with Gasteiger partial charge in [0.25, 0.3) is 0 Å². The largest absolute Gasteiger partial charge is 0.284 e. The number of halogens is 2. The molecule has 3 heterocycles. The van der Waals surface area contributed by atoms with Crippen LogP contribution in [0, 0.1) is 0 Å². The highest BCUT2D eigenvalue weighted by Crippen LogP contribution is 2.39. The lowest BCUT2D eigenvalue weighted by molar-refractivity contribution is 0.743. The lowest BCUT2D eigenvalue weighted by Crippen LogP contribution is -2.44. The molecular weight excluding hydrogens is 299 g/mol. The molecule has 0 radical (unpaired) electrons. The Bertz CT molecular complexity index is 660. The van der Waals surface area contributed by atoms with Crippen molar-refractivity contribution in [3.05, 3.63) is 54.2 Å². The zero-order valence-corrected chi connectivity index (χ0v) is 11.6. The van der Waals surface area contributed by atoms with E-state index in [1.54, 1.807) is 42.1 Å². The molecule has 0 aromatic carbocycles. The molecule has 0 bridgehead atoms. The van der Waals surface area contributed by atoms with Crippen molar-refractivity contribution in [1.82, 2.24) is 19.9 Å². The highest BCUT2D eigenvalue weighted by atomic mass is 35.5. The first-order valence-corrected chi connectivity index (χ1v) is 6.39. The van der Waals surface area contributed by atoms with Crippen molar-refractivity contribution >= 4 is 35.2 Å². The monoisotopic (exact) mass is 306 g/mol. The maximum atomic E-state index is 6.68. The third-order valence-corrected chi connectivity index (χ3v) is 3.39. The Morgan fingerprint density at radius 2 is 1.75 bits per heavy atom. The van der Waals surface area contributed by atoms with Crippen LogP contribution in [0.3, 0.4) is 0 Å². The van der Waals surface area contributed by atoms with Gasteiger partial charge in [-0.2, -0.15) is 0 Å². The number of alkyl halides is 1. The summed E-state index contributed by atoms with van der Waals surface area (Å²) in [5.74, 6) is 0.487. The molecule has 2 aromatic heterocycles. The molecule has 1 atom stereocenters. The zero-order valence-electron chi connectivity index (χ0n) is 10.1. The van der Waals surface area contributed by atoms with Crippen LogP contribution < -0.4 is 4.90 Å². The van der Waals surface area contributed by atoms with E-state index in [-0.39, 0.29) is 0 Å². The van der Waals surface area contributed by atoms with Gasteiger partial charge in [0.1, 0.15) is 10.9 Å². The first kappa shape index (κ1) is 13.0. The maximum absolute atomic E-state index is 6.68. The summed E-state index contributed by atoms with van der Waals surface area (Å²) in [7, 11) is 0. The highest BCUT2D eigenvalue weighted by Gasteiger charge is 2.41. The molecule has 1 aliphatic rings. The summed E-state index contributed by atoms with van der Waals surface area (Å²) in [5.41, 5.74) is 0.488. The second kappa shape index (κ2) is 5.15. The standard InChI is InChI=1S/C12H8Cl2N6/c13-10-6-17-8-12(14,9-5-15-1-3-18-9)20(10)11-7-16-2-4-19-11/h1-8H. The van der Waals surface area contributed by atoms with Gasteiger partial charge in [-0.15, -0.1) is 0 Å². The van der Waals surface area contributed by atoms with Gasteiger partial charge in [-0.05, 0) is 0 Å². The molecule has 0 saturated heterocycles. The quantitative estimate of drug-likeness (QED) is 0.629. The average Bonchev–Trinajstić information content (AvgIpc) is 2.49. The van der Waals surface area contributed by atoms with E-state index in [1.807, 2.05) is 0 Å². The summed E-state index contributed by atoms with van der Waals surface area (Å²) in [6.45, 7) is 0. The van der Waals surface area contributed by atoms with Gasteiger partial charge >= 0.3 is 0 Å². The third-order valence-electron chi connectivity index (χ3n) is 2.67. The van der Waals surface area contributed by atoms with E-state index in [2.05, 4.69) is 24.9 Å². The Morgan fingerprint density at radius 1 is 1.00 bits per heavy atom. The predicted octanol–water partition coefficient (Wildman–Crippen LogP) is 2.29. The summed E-state index contributed by atoms with van der Waals surface area (Å²) >= 11 is 12.9. The van der Waals surface area contributed by atoms with Gasteiger partial charge in [0.2, 0.25) is 5.00 Å². The van der Waals surface area contributed by atoms with Crippen LogP contribution in [0.5, 0.6) is 0 Å². The molecule has 1 aliphatic heterocycles. The van der Waals surface area contributed by atoms with Crippen LogP contribution in [0.2, 0.25) is 0 Å². The lowest BCUT2D eigenvalue weighted by Gasteiger charge is -2.37. The molecule has 20 heavy (non-hydrogen) atoms. The van der Waals surface area contributed by atoms with Crippen molar-refractivity contribution < 1.29 is 0 Å². The zero-order chi connectivity index (χ0) is 14.0. The molecule has 0 spiro atoms. The number of aliphatic imine (C=N–C) groups is 1. The van der Waals surface area contributed by atoms with Gasteiger partial charge in [-0.25, -0.2) is 4.98 Å². The molecule has 8 heteroatoms. The Kier molecular flexibility index (Phi) is 3.33. The molecule has 0 N–H and O–H groups in total. The minimum absolute atomic E-state index is 0.314. The Labute approximate surface area is 124 Å². The maximum Gasteiger partial charge on any atom is 0.201 e.